The molecule has 0 aliphatic rings. The van der Waals surface area contributed by atoms with Gasteiger partial charge in [0.2, 0.25) is 11.8 Å². The normalized spacial score (nSPS) is 12.0. The molecule has 7 nitrogen and oxygen atoms in total. The molecule has 0 aromatic heterocycles. The second-order valence-corrected chi connectivity index (χ2v) is 13.6. The summed E-state index contributed by atoms with van der Waals surface area (Å²) in [7, 11) is -4.21. The van der Waals surface area contributed by atoms with Gasteiger partial charge in [0, 0.05) is 29.1 Å². The smallest absolute Gasteiger partial charge is 0.264 e. The highest BCUT2D eigenvalue weighted by molar-refractivity contribution is 7.92. The molecule has 44 heavy (non-hydrogen) atoms. The molecule has 4 aromatic carbocycles. The third-order valence-corrected chi connectivity index (χ3v) is 9.23. The third-order valence-electron chi connectivity index (χ3n) is 6.94. The van der Waals surface area contributed by atoms with E-state index < -0.39 is 28.5 Å². The Balaban J connectivity index is 1.80. The number of aryl methyl sites for hydroxylation is 1. The van der Waals surface area contributed by atoms with Crippen LogP contribution in [0.15, 0.2) is 108 Å². The van der Waals surface area contributed by atoms with E-state index in [1.54, 1.807) is 42.5 Å². The molecule has 0 aliphatic heterocycles. The van der Waals surface area contributed by atoms with Crippen molar-refractivity contribution in [2.45, 2.75) is 50.7 Å². The number of rotatable bonds is 12. The van der Waals surface area contributed by atoms with Crippen LogP contribution in [0.5, 0.6) is 0 Å². The highest BCUT2D eigenvalue weighted by Crippen LogP contribution is 2.27. The number of sulfonamides is 1. The number of nitrogens with one attached hydrogen (secondary N) is 1. The van der Waals surface area contributed by atoms with Gasteiger partial charge in [-0.15, -0.1) is 0 Å². The van der Waals surface area contributed by atoms with E-state index in [4.69, 9.17) is 23.2 Å². The van der Waals surface area contributed by atoms with Crippen LogP contribution >= 0.6 is 23.2 Å². The van der Waals surface area contributed by atoms with Gasteiger partial charge in [0.25, 0.3) is 10.0 Å². The average molecular weight is 653 g/mol. The first kappa shape index (κ1) is 33.1. The molecular formula is C34H35Cl2N3O4S. The monoisotopic (exact) mass is 651 g/mol. The zero-order chi connectivity index (χ0) is 31.9. The molecule has 0 aliphatic carbocycles. The number of benzene rings is 4. The van der Waals surface area contributed by atoms with E-state index in [2.05, 4.69) is 5.32 Å². The lowest BCUT2D eigenvalue weighted by Crippen LogP contribution is -2.54. The number of hydrogen-bond donors (Lipinski definition) is 1. The summed E-state index contributed by atoms with van der Waals surface area (Å²) in [6.45, 7) is 5.06. The Morgan fingerprint density at radius 2 is 1.41 bits per heavy atom. The Morgan fingerprint density at radius 1 is 0.795 bits per heavy atom. The van der Waals surface area contributed by atoms with E-state index in [1.807, 2.05) is 57.2 Å². The van der Waals surface area contributed by atoms with Crippen molar-refractivity contribution in [3.8, 4) is 0 Å². The van der Waals surface area contributed by atoms with Crippen LogP contribution in [0.2, 0.25) is 10.0 Å². The van der Waals surface area contributed by atoms with Crippen molar-refractivity contribution in [3.63, 3.8) is 0 Å². The quantitative estimate of drug-likeness (QED) is 0.186. The van der Waals surface area contributed by atoms with Gasteiger partial charge in [-0.2, -0.15) is 0 Å². The van der Waals surface area contributed by atoms with Crippen molar-refractivity contribution in [1.82, 2.24) is 10.2 Å². The summed E-state index contributed by atoms with van der Waals surface area (Å²) in [5, 5.41) is 3.87. The summed E-state index contributed by atoms with van der Waals surface area (Å²) >= 11 is 12.2. The molecule has 0 unspecified atom stereocenters. The summed E-state index contributed by atoms with van der Waals surface area (Å²) in [6, 6.07) is 28.0. The van der Waals surface area contributed by atoms with Gasteiger partial charge in [-0.25, -0.2) is 8.42 Å². The fourth-order valence-electron chi connectivity index (χ4n) is 4.77. The lowest BCUT2D eigenvalue weighted by Gasteiger charge is -2.34. The minimum absolute atomic E-state index is 0.0150. The van der Waals surface area contributed by atoms with Crippen molar-refractivity contribution in [2.24, 2.45) is 0 Å². The van der Waals surface area contributed by atoms with Crippen molar-refractivity contribution >= 4 is 50.7 Å². The van der Waals surface area contributed by atoms with E-state index in [0.717, 1.165) is 21.0 Å². The number of halogens is 2. The lowest BCUT2D eigenvalue weighted by molar-refractivity contribution is -0.140. The van der Waals surface area contributed by atoms with Gasteiger partial charge in [-0.1, -0.05) is 77.8 Å². The summed E-state index contributed by atoms with van der Waals surface area (Å²) in [4.78, 5) is 29.6. The molecule has 0 radical (unpaired) electrons. The van der Waals surface area contributed by atoms with E-state index in [9.17, 15) is 18.0 Å². The van der Waals surface area contributed by atoms with Gasteiger partial charge < -0.3 is 10.2 Å². The van der Waals surface area contributed by atoms with Crippen molar-refractivity contribution in [1.29, 1.82) is 0 Å². The van der Waals surface area contributed by atoms with E-state index in [0.29, 0.717) is 15.7 Å². The zero-order valence-electron chi connectivity index (χ0n) is 24.8. The number of anilines is 1. The fraction of sp³-hybridized carbons (Fsp3) is 0.235. The molecular weight excluding hydrogens is 617 g/mol. The topological polar surface area (TPSA) is 86.8 Å². The molecule has 0 saturated carbocycles. The highest BCUT2D eigenvalue weighted by Gasteiger charge is 2.34. The molecule has 0 saturated heterocycles. The maximum Gasteiger partial charge on any atom is 0.264 e. The molecule has 1 atom stereocenters. The largest absolute Gasteiger partial charge is 0.352 e. The van der Waals surface area contributed by atoms with Gasteiger partial charge in [-0.3, -0.25) is 13.9 Å². The van der Waals surface area contributed by atoms with E-state index in [-0.39, 0.29) is 29.8 Å². The Labute approximate surface area is 269 Å². The van der Waals surface area contributed by atoms with Gasteiger partial charge in [-0.05, 0) is 86.0 Å². The second kappa shape index (κ2) is 14.8. The maximum atomic E-state index is 14.4. The van der Waals surface area contributed by atoms with Gasteiger partial charge in [0.15, 0.2) is 0 Å². The molecule has 4 rings (SSSR count). The Morgan fingerprint density at radius 3 is 2.00 bits per heavy atom. The first-order valence-electron chi connectivity index (χ1n) is 14.2. The number of carbonyl (C=O) groups excluding carboxylic acids is 2. The van der Waals surface area contributed by atoms with Crippen molar-refractivity contribution < 1.29 is 18.0 Å². The fourth-order valence-corrected chi connectivity index (χ4v) is 6.42. The Kier molecular flexibility index (Phi) is 11.1. The van der Waals surface area contributed by atoms with Gasteiger partial charge >= 0.3 is 0 Å². The lowest BCUT2D eigenvalue weighted by atomic mass is 10.0. The van der Waals surface area contributed by atoms with Crippen LogP contribution in [0.3, 0.4) is 0 Å². The number of amides is 2. The van der Waals surface area contributed by atoms with E-state index >= 15 is 0 Å². The standard InChI is InChI=1S/C34H35Cl2N3O4S/c1-24(2)37-34(41)32(21-26-9-5-4-6-10-26)38(22-27-12-14-28(35)15-13-27)33(40)23-39(30-11-7-8-25(3)20-30)44(42,43)31-18-16-29(36)17-19-31/h4-20,24,32H,21-23H2,1-3H3,(H,37,41)/t32-/m0/s1. The molecule has 0 spiro atoms. The van der Waals surface area contributed by atoms with Crippen molar-refractivity contribution in [3.05, 3.63) is 130 Å². The number of hydrogen-bond acceptors (Lipinski definition) is 4. The summed E-state index contributed by atoms with van der Waals surface area (Å²) in [5.41, 5.74) is 2.74. The van der Waals surface area contributed by atoms with Crippen LogP contribution in [-0.4, -0.2) is 43.8 Å². The molecule has 0 bridgehead atoms. The van der Waals surface area contributed by atoms with Crippen LogP contribution in [-0.2, 0) is 32.6 Å². The Bertz CT molecular complexity index is 1680. The van der Waals surface area contributed by atoms with Crippen LogP contribution in [0.25, 0.3) is 0 Å². The Hall–Kier alpha value is -3.85. The molecule has 0 fully saturated rings. The second-order valence-electron chi connectivity index (χ2n) is 10.8. The van der Waals surface area contributed by atoms with Crippen molar-refractivity contribution in [2.75, 3.05) is 10.8 Å². The highest BCUT2D eigenvalue weighted by atomic mass is 35.5. The molecule has 0 heterocycles. The molecule has 1 N–H and O–H groups in total. The third kappa shape index (κ3) is 8.62. The summed E-state index contributed by atoms with van der Waals surface area (Å²) in [5.74, 6) is -0.882. The average Bonchev–Trinajstić information content (AvgIpc) is 2.98. The first-order valence-corrected chi connectivity index (χ1v) is 16.4. The summed E-state index contributed by atoms with van der Waals surface area (Å²) in [6.07, 6.45) is 0.229. The van der Waals surface area contributed by atoms with Crippen LogP contribution in [0, 0.1) is 6.92 Å². The first-order chi connectivity index (χ1) is 20.9. The minimum Gasteiger partial charge on any atom is -0.352 e. The van der Waals surface area contributed by atoms with Crippen LogP contribution < -0.4 is 9.62 Å². The predicted molar refractivity (Wildman–Crippen MR) is 176 cm³/mol. The minimum atomic E-state index is -4.21. The molecule has 2 amide bonds. The number of nitrogens with zero attached hydrogens (tertiary/aromatic N) is 2. The van der Waals surface area contributed by atoms with Crippen LogP contribution in [0.1, 0.15) is 30.5 Å². The molecule has 4 aromatic rings. The van der Waals surface area contributed by atoms with Gasteiger partial charge in [0.1, 0.15) is 12.6 Å². The predicted octanol–water partition coefficient (Wildman–Crippen LogP) is 6.66. The SMILES string of the molecule is Cc1cccc(N(CC(=O)N(Cc2ccc(Cl)cc2)[C@@H](Cc2ccccc2)C(=O)NC(C)C)S(=O)(=O)c2ccc(Cl)cc2)c1. The van der Waals surface area contributed by atoms with Crippen LogP contribution in [0.4, 0.5) is 5.69 Å². The number of carbonyl (C=O) groups is 2. The maximum absolute atomic E-state index is 14.4. The summed E-state index contributed by atoms with van der Waals surface area (Å²) < 4.78 is 29.2. The molecule has 230 valence electrons. The van der Waals surface area contributed by atoms with E-state index in [1.165, 1.54) is 29.2 Å². The van der Waals surface area contributed by atoms with Gasteiger partial charge in [0.05, 0.1) is 10.6 Å². The zero-order valence-corrected chi connectivity index (χ0v) is 27.1. The molecule has 10 heteroatoms.